The Bertz CT molecular complexity index is 918. The molecular weight excluding hydrogens is 344 g/mol. The van der Waals surface area contributed by atoms with E-state index < -0.39 is 0 Å². The number of urea groups is 1. The highest BCUT2D eigenvalue weighted by atomic mass is 16.2. The summed E-state index contributed by atoms with van der Waals surface area (Å²) in [4.78, 5) is 24.9. The molecule has 4 rings (SSSR count). The number of carbonyl (C=O) groups excluding carboxylic acids is 1. The van der Waals surface area contributed by atoms with Gasteiger partial charge < -0.3 is 15.1 Å². The van der Waals surface area contributed by atoms with Crippen molar-refractivity contribution in [3.8, 4) is 11.3 Å². The lowest BCUT2D eigenvalue weighted by Crippen LogP contribution is -2.50. The molecule has 0 spiro atoms. The summed E-state index contributed by atoms with van der Waals surface area (Å²) >= 11 is 0. The Morgan fingerprint density at radius 3 is 2.70 bits per heavy atom. The molecule has 9 heteroatoms. The van der Waals surface area contributed by atoms with Crippen LogP contribution >= 0.6 is 0 Å². The molecule has 1 N–H and O–H groups in total. The Kier molecular flexibility index (Phi) is 4.65. The van der Waals surface area contributed by atoms with Gasteiger partial charge in [-0.05, 0) is 12.1 Å². The number of rotatable bonds is 3. The molecule has 0 bridgehead atoms. The average molecular weight is 364 g/mol. The molecule has 3 heterocycles. The quantitative estimate of drug-likeness (QED) is 0.759. The third kappa shape index (κ3) is 3.86. The monoisotopic (exact) mass is 364 g/mol. The summed E-state index contributed by atoms with van der Waals surface area (Å²) < 4.78 is 1.65. The Morgan fingerprint density at radius 2 is 2.00 bits per heavy atom. The van der Waals surface area contributed by atoms with Crippen molar-refractivity contribution in [2.75, 3.05) is 36.4 Å². The lowest BCUT2D eigenvalue weighted by molar-refractivity contribution is 0.208. The van der Waals surface area contributed by atoms with E-state index in [2.05, 4.69) is 30.5 Å². The van der Waals surface area contributed by atoms with E-state index in [1.54, 1.807) is 23.3 Å². The molecule has 0 saturated carbocycles. The predicted octanol–water partition coefficient (Wildman–Crippen LogP) is 1.63. The van der Waals surface area contributed by atoms with E-state index >= 15 is 0 Å². The van der Waals surface area contributed by atoms with E-state index in [9.17, 15) is 4.79 Å². The minimum absolute atomic E-state index is 0.106. The molecule has 1 saturated heterocycles. The van der Waals surface area contributed by atoms with Crippen molar-refractivity contribution in [2.45, 2.75) is 0 Å². The number of nitrogens with zero attached hydrogens (tertiary/aromatic N) is 7. The smallest absolute Gasteiger partial charge is 0.321 e. The first-order valence-electron chi connectivity index (χ1n) is 8.73. The van der Waals surface area contributed by atoms with Gasteiger partial charge in [0.05, 0.1) is 12.4 Å². The summed E-state index contributed by atoms with van der Waals surface area (Å²) in [5.74, 6) is 0.842. The van der Waals surface area contributed by atoms with Crippen LogP contribution in [0.5, 0.6) is 0 Å². The molecule has 1 fully saturated rings. The molecule has 0 aliphatic carbocycles. The van der Waals surface area contributed by atoms with Gasteiger partial charge in [0.1, 0.15) is 11.5 Å². The fourth-order valence-electron chi connectivity index (χ4n) is 3.03. The lowest BCUT2D eigenvalue weighted by atomic mass is 10.1. The van der Waals surface area contributed by atoms with Crippen molar-refractivity contribution < 1.29 is 4.79 Å². The van der Waals surface area contributed by atoms with Crippen LogP contribution in [0.15, 0.2) is 49.1 Å². The van der Waals surface area contributed by atoms with Crippen molar-refractivity contribution in [3.63, 3.8) is 0 Å². The number of aryl methyl sites for hydroxylation is 1. The van der Waals surface area contributed by atoms with E-state index in [-0.39, 0.29) is 6.03 Å². The standard InChI is InChI=1S/C18H20N8O/c1-24-13-16(22-23-24)14-3-2-4-15(11-14)21-18(27)26-9-7-25(8-10-26)17-12-19-5-6-20-17/h2-6,11-13H,7-10H2,1H3,(H,21,27). The summed E-state index contributed by atoms with van der Waals surface area (Å²) in [5, 5.41) is 11.0. The van der Waals surface area contributed by atoms with Crippen LogP contribution < -0.4 is 10.2 Å². The van der Waals surface area contributed by atoms with Crippen LogP contribution in [0.1, 0.15) is 0 Å². The van der Waals surface area contributed by atoms with E-state index in [1.807, 2.05) is 42.4 Å². The van der Waals surface area contributed by atoms with Gasteiger partial charge in [-0.2, -0.15) is 0 Å². The molecule has 0 radical (unpaired) electrons. The molecule has 0 unspecified atom stereocenters. The molecule has 1 aliphatic heterocycles. The predicted molar refractivity (Wildman–Crippen MR) is 101 cm³/mol. The molecule has 138 valence electrons. The maximum atomic E-state index is 12.6. The molecule has 0 atom stereocenters. The number of nitrogens with one attached hydrogen (secondary N) is 1. The second-order valence-corrected chi connectivity index (χ2v) is 6.33. The Labute approximate surface area is 156 Å². The number of anilines is 2. The van der Waals surface area contributed by atoms with Crippen molar-refractivity contribution in [1.29, 1.82) is 0 Å². The fraction of sp³-hybridized carbons (Fsp3) is 0.278. The van der Waals surface area contributed by atoms with Crippen molar-refractivity contribution in [1.82, 2.24) is 29.9 Å². The molecule has 27 heavy (non-hydrogen) atoms. The second-order valence-electron chi connectivity index (χ2n) is 6.33. The first-order chi connectivity index (χ1) is 13.2. The number of hydrogen-bond donors (Lipinski definition) is 1. The third-order valence-corrected chi connectivity index (χ3v) is 4.45. The van der Waals surface area contributed by atoms with E-state index in [0.717, 1.165) is 35.9 Å². The van der Waals surface area contributed by atoms with Gasteiger partial charge in [0, 0.05) is 56.9 Å². The third-order valence-electron chi connectivity index (χ3n) is 4.45. The largest absolute Gasteiger partial charge is 0.352 e. The van der Waals surface area contributed by atoms with Gasteiger partial charge in [0.15, 0.2) is 0 Å². The average Bonchev–Trinajstić information content (AvgIpc) is 3.15. The van der Waals surface area contributed by atoms with Crippen molar-refractivity contribution in [2.24, 2.45) is 7.05 Å². The van der Waals surface area contributed by atoms with Crippen LogP contribution in [0.3, 0.4) is 0 Å². The number of carbonyl (C=O) groups is 1. The number of amides is 2. The van der Waals surface area contributed by atoms with E-state index in [0.29, 0.717) is 13.1 Å². The maximum absolute atomic E-state index is 12.6. The van der Waals surface area contributed by atoms with Crippen molar-refractivity contribution in [3.05, 3.63) is 49.1 Å². The molecular formula is C18H20N8O. The Hall–Kier alpha value is -3.49. The number of benzene rings is 1. The normalized spacial score (nSPS) is 14.3. The lowest BCUT2D eigenvalue weighted by Gasteiger charge is -2.35. The molecule has 1 aliphatic rings. The van der Waals surface area contributed by atoms with E-state index in [4.69, 9.17) is 0 Å². The molecule has 9 nitrogen and oxygen atoms in total. The van der Waals surface area contributed by atoms with Crippen LogP contribution in [0.25, 0.3) is 11.3 Å². The SMILES string of the molecule is Cn1cc(-c2cccc(NC(=O)N3CCN(c4cnccn4)CC3)c2)nn1. The second kappa shape index (κ2) is 7.40. The summed E-state index contributed by atoms with van der Waals surface area (Å²) in [5.41, 5.74) is 2.42. The zero-order valence-corrected chi connectivity index (χ0v) is 15.0. The van der Waals surface area contributed by atoms with Crippen LogP contribution in [-0.2, 0) is 7.05 Å². The molecule has 2 aromatic heterocycles. The fourth-order valence-corrected chi connectivity index (χ4v) is 3.03. The summed E-state index contributed by atoms with van der Waals surface area (Å²) in [6.07, 6.45) is 6.92. The van der Waals surface area contributed by atoms with Gasteiger partial charge in [0.2, 0.25) is 0 Å². The minimum atomic E-state index is -0.106. The Morgan fingerprint density at radius 1 is 1.15 bits per heavy atom. The van der Waals surface area contributed by atoms with Gasteiger partial charge >= 0.3 is 6.03 Å². The number of piperazine rings is 1. The van der Waals surface area contributed by atoms with Crippen LogP contribution in [0, 0.1) is 0 Å². The first kappa shape index (κ1) is 17.0. The highest BCUT2D eigenvalue weighted by Crippen LogP contribution is 2.21. The van der Waals surface area contributed by atoms with Crippen molar-refractivity contribution >= 4 is 17.5 Å². The van der Waals surface area contributed by atoms with Gasteiger partial charge in [-0.1, -0.05) is 17.3 Å². The highest BCUT2D eigenvalue weighted by Gasteiger charge is 2.22. The highest BCUT2D eigenvalue weighted by molar-refractivity contribution is 5.90. The van der Waals surface area contributed by atoms with Crippen LogP contribution in [-0.4, -0.2) is 62.1 Å². The molecule has 3 aromatic rings. The first-order valence-corrected chi connectivity index (χ1v) is 8.73. The summed E-state index contributed by atoms with van der Waals surface area (Å²) in [6, 6.07) is 7.50. The molecule has 1 aromatic carbocycles. The number of hydrogen-bond acceptors (Lipinski definition) is 6. The zero-order chi connectivity index (χ0) is 18.6. The zero-order valence-electron chi connectivity index (χ0n) is 15.0. The van der Waals surface area contributed by atoms with Gasteiger partial charge in [0.25, 0.3) is 0 Å². The summed E-state index contributed by atoms with van der Waals surface area (Å²) in [6.45, 7) is 2.72. The van der Waals surface area contributed by atoms with Gasteiger partial charge in [-0.3, -0.25) is 9.67 Å². The maximum Gasteiger partial charge on any atom is 0.321 e. The molecule has 2 amide bonds. The van der Waals surface area contributed by atoms with Gasteiger partial charge in [-0.25, -0.2) is 9.78 Å². The van der Waals surface area contributed by atoms with Crippen LogP contribution in [0.2, 0.25) is 0 Å². The summed E-state index contributed by atoms with van der Waals surface area (Å²) in [7, 11) is 1.82. The van der Waals surface area contributed by atoms with Crippen LogP contribution in [0.4, 0.5) is 16.3 Å². The number of aromatic nitrogens is 5. The Balaban J connectivity index is 1.37. The minimum Gasteiger partial charge on any atom is -0.352 e. The topological polar surface area (TPSA) is 92.1 Å². The van der Waals surface area contributed by atoms with Gasteiger partial charge in [-0.15, -0.1) is 5.10 Å². The van der Waals surface area contributed by atoms with E-state index in [1.165, 1.54) is 0 Å².